The first kappa shape index (κ1) is 12.1. The summed E-state index contributed by atoms with van der Waals surface area (Å²) in [7, 11) is 0. The molecule has 0 aliphatic carbocycles. The van der Waals surface area contributed by atoms with Crippen molar-refractivity contribution in [2.45, 2.75) is 6.92 Å². The Morgan fingerprint density at radius 2 is 2.05 bits per heavy atom. The van der Waals surface area contributed by atoms with Crippen molar-refractivity contribution in [3.05, 3.63) is 59.9 Å². The van der Waals surface area contributed by atoms with Gasteiger partial charge in [-0.15, -0.1) is 10.2 Å². The third-order valence-electron chi connectivity index (χ3n) is 2.91. The van der Waals surface area contributed by atoms with Crippen LogP contribution in [0.15, 0.2) is 58.9 Å². The standard InChI is InChI=1S/C15H11N5/c1-11-15(20-8-3-2-7-14(20)17-11)19-18-13-6-4-5-12(9-13)10-16/h2-9H,1H3. The molecule has 0 atom stereocenters. The summed E-state index contributed by atoms with van der Waals surface area (Å²) in [5, 5.41) is 17.3. The molecule has 0 amide bonds. The number of imidazole rings is 1. The van der Waals surface area contributed by atoms with Crippen LogP contribution in [0.5, 0.6) is 0 Å². The summed E-state index contributed by atoms with van der Waals surface area (Å²) in [6.45, 7) is 1.90. The molecule has 96 valence electrons. The highest BCUT2D eigenvalue weighted by molar-refractivity contribution is 5.52. The number of nitrogens with zero attached hydrogens (tertiary/aromatic N) is 5. The van der Waals surface area contributed by atoms with E-state index in [2.05, 4.69) is 21.3 Å². The number of aryl methyl sites for hydroxylation is 1. The van der Waals surface area contributed by atoms with Gasteiger partial charge in [0.25, 0.3) is 0 Å². The minimum atomic E-state index is 0.566. The summed E-state index contributed by atoms with van der Waals surface area (Å²) in [5.41, 5.74) is 2.87. The third kappa shape index (κ3) is 2.15. The van der Waals surface area contributed by atoms with Crippen molar-refractivity contribution < 1.29 is 0 Å². The molecule has 1 aromatic carbocycles. The van der Waals surface area contributed by atoms with Crippen LogP contribution in [0.1, 0.15) is 11.3 Å². The van der Waals surface area contributed by atoms with E-state index >= 15 is 0 Å². The van der Waals surface area contributed by atoms with Gasteiger partial charge in [-0.3, -0.25) is 4.40 Å². The van der Waals surface area contributed by atoms with Crippen molar-refractivity contribution in [3.63, 3.8) is 0 Å². The third-order valence-corrected chi connectivity index (χ3v) is 2.91. The van der Waals surface area contributed by atoms with E-state index in [0.29, 0.717) is 17.1 Å². The van der Waals surface area contributed by atoms with Crippen molar-refractivity contribution >= 4 is 17.2 Å². The lowest BCUT2D eigenvalue weighted by molar-refractivity contribution is 1.09. The van der Waals surface area contributed by atoms with Crippen LogP contribution in [0.4, 0.5) is 11.5 Å². The number of benzene rings is 1. The molecule has 0 spiro atoms. The molecule has 0 bridgehead atoms. The molecule has 0 radical (unpaired) electrons. The predicted molar refractivity (Wildman–Crippen MR) is 75.3 cm³/mol. The van der Waals surface area contributed by atoms with Crippen molar-refractivity contribution in [1.82, 2.24) is 9.38 Å². The fraction of sp³-hybridized carbons (Fsp3) is 0.0667. The Labute approximate surface area is 115 Å². The molecule has 3 aromatic rings. The van der Waals surface area contributed by atoms with Gasteiger partial charge in [0.05, 0.1) is 23.0 Å². The lowest BCUT2D eigenvalue weighted by Gasteiger charge is -1.96. The van der Waals surface area contributed by atoms with Gasteiger partial charge in [0.15, 0.2) is 5.82 Å². The zero-order valence-corrected chi connectivity index (χ0v) is 10.9. The average molecular weight is 261 g/mol. The van der Waals surface area contributed by atoms with E-state index in [9.17, 15) is 0 Å². The highest BCUT2D eigenvalue weighted by Gasteiger charge is 2.06. The maximum absolute atomic E-state index is 8.86. The van der Waals surface area contributed by atoms with E-state index in [-0.39, 0.29) is 0 Å². The van der Waals surface area contributed by atoms with Crippen molar-refractivity contribution in [1.29, 1.82) is 5.26 Å². The summed E-state index contributed by atoms with van der Waals surface area (Å²) < 4.78 is 1.88. The normalized spacial score (nSPS) is 11.0. The second-order valence-electron chi connectivity index (χ2n) is 4.31. The van der Waals surface area contributed by atoms with Gasteiger partial charge in [0.2, 0.25) is 0 Å². The van der Waals surface area contributed by atoms with Gasteiger partial charge < -0.3 is 0 Å². The van der Waals surface area contributed by atoms with Gasteiger partial charge in [0.1, 0.15) is 5.65 Å². The maximum atomic E-state index is 8.86. The molecule has 5 nitrogen and oxygen atoms in total. The van der Waals surface area contributed by atoms with Crippen molar-refractivity contribution in [3.8, 4) is 6.07 Å². The molecule has 3 rings (SSSR count). The number of hydrogen-bond donors (Lipinski definition) is 0. The lowest BCUT2D eigenvalue weighted by Crippen LogP contribution is -1.80. The summed E-state index contributed by atoms with van der Waals surface area (Å²) >= 11 is 0. The minimum absolute atomic E-state index is 0.566. The van der Waals surface area contributed by atoms with Gasteiger partial charge >= 0.3 is 0 Å². The van der Waals surface area contributed by atoms with E-state index in [1.165, 1.54) is 0 Å². The average Bonchev–Trinajstić information content (AvgIpc) is 2.81. The monoisotopic (exact) mass is 261 g/mol. The summed E-state index contributed by atoms with van der Waals surface area (Å²) in [4.78, 5) is 4.42. The van der Waals surface area contributed by atoms with Crippen LogP contribution in [0.2, 0.25) is 0 Å². The van der Waals surface area contributed by atoms with Gasteiger partial charge in [-0.05, 0) is 37.3 Å². The minimum Gasteiger partial charge on any atom is -0.283 e. The largest absolute Gasteiger partial charge is 0.283 e. The summed E-state index contributed by atoms with van der Waals surface area (Å²) in [5.74, 6) is 0.697. The second-order valence-corrected chi connectivity index (χ2v) is 4.31. The highest BCUT2D eigenvalue weighted by Crippen LogP contribution is 2.23. The van der Waals surface area contributed by atoms with E-state index in [0.717, 1.165) is 11.3 Å². The molecule has 0 saturated carbocycles. The van der Waals surface area contributed by atoms with Crippen LogP contribution in [0.3, 0.4) is 0 Å². The fourth-order valence-electron chi connectivity index (χ4n) is 1.96. The number of aromatic nitrogens is 2. The van der Waals surface area contributed by atoms with Crippen LogP contribution >= 0.6 is 0 Å². The molecule has 20 heavy (non-hydrogen) atoms. The molecule has 0 aliphatic heterocycles. The number of fused-ring (bicyclic) bond motifs is 1. The maximum Gasteiger partial charge on any atom is 0.182 e. The Morgan fingerprint density at radius 1 is 1.15 bits per heavy atom. The summed E-state index contributed by atoms with van der Waals surface area (Å²) in [6.07, 6.45) is 1.90. The first-order valence-electron chi connectivity index (χ1n) is 6.13. The van der Waals surface area contributed by atoms with Gasteiger partial charge in [-0.1, -0.05) is 12.1 Å². The van der Waals surface area contributed by atoms with Crippen LogP contribution in [-0.2, 0) is 0 Å². The van der Waals surface area contributed by atoms with Crippen LogP contribution in [0.25, 0.3) is 5.65 Å². The molecule has 0 unspecified atom stereocenters. The molecule has 0 N–H and O–H groups in total. The number of rotatable bonds is 2. The molecule has 2 heterocycles. The zero-order valence-electron chi connectivity index (χ0n) is 10.9. The molecular weight excluding hydrogens is 250 g/mol. The molecule has 2 aromatic heterocycles. The van der Waals surface area contributed by atoms with Crippen LogP contribution in [-0.4, -0.2) is 9.38 Å². The first-order chi connectivity index (χ1) is 9.78. The fourth-order valence-corrected chi connectivity index (χ4v) is 1.96. The number of pyridine rings is 1. The zero-order chi connectivity index (χ0) is 13.9. The van der Waals surface area contributed by atoms with Crippen molar-refractivity contribution in [2.75, 3.05) is 0 Å². The quantitative estimate of drug-likeness (QED) is 0.656. The van der Waals surface area contributed by atoms with E-state index in [1.54, 1.807) is 18.2 Å². The van der Waals surface area contributed by atoms with Gasteiger partial charge in [-0.25, -0.2) is 4.98 Å². The Bertz CT molecular complexity index is 839. The lowest BCUT2D eigenvalue weighted by atomic mass is 10.2. The smallest absolute Gasteiger partial charge is 0.182 e. The second kappa shape index (κ2) is 4.94. The summed E-state index contributed by atoms with van der Waals surface area (Å²) in [6, 6.07) is 14.9. The molecular formula is C15H11N5. The van der Waals surface area contributed by atoms with Crippen LogP contribution in [0, 0.1) is 18.3 Å². The van der Waals surface area contributed by atoms with Crippen LogP contribution < -0.4 is 0 Å². The van der Waals surface area contributed by atoms with E-state index in [4.69, 9.17) is 5.26 Å². The highest BCUT2D eigenvalue weighted by atomic mass is 15.2. The van der Waals surface area contributed by atoms with E-state index in [1.807, 2.05) is 41.8 Å². The Morgan fingerprint density at radius 3 is 2.90 bits per heavy atom. The molecule has 0 aliphatic rings. The first-order valence-corrected chi connectivity index (χ1v) is 6.13. The number of hydrogen-bond acceptors (Lipinski definition) is 4. The predicted octanol–water partition coefficient (Wildman–Crippen LogP) is 3.93. The number of azo groups is 1. The van der Waals surface area contributed by atoms with Crippen molar-refractivity contribution in [2.24, 2.45) is 10.2 Å². The van der Waals surface area contributed by atoms with Gasteiger partial charge in [-0.2, -0.15) is 5.26 Å². The van der Waals surface area contributed by atoms with Gasteiger partial charge in [0, 0.05) is 6.20 Å². The Balaban J connectivity index is 2.02. The number of nitriles is 1. The Kier molecular flexibility index (Phi) is 2.98. The SMILES string of the molecule is Cc1nc2ccccn2c1N=Nc1cccc(C#N)c1. The topological polar surface area (TPSA) is 65.8 Å². The molecule has 5 heteroatoms. The Hall–Kier alpha value is -3.00. The van der Waals surface area contributed by atoms with E-state index < -0.39 is 0 Å². The molecule has 0 fully saturated rings. The molecule has 0 saturated heterocycles.